The van der Waals surface area contributed by atoms with Crippen LogP contribution >= 0.6 is 11.3 Å². The first-order chi connectivity index (χ1) is 11.3. The van der Waals surface area contributed by atoms with Crippen molar-refractivity contribution in [2.45, 2.75) is 6.61 Å². The molecule has 114 valence electrons. The molecule has 0 atom stereocenters. The van der Waals surface area contributed by atoms with Crippen LogP contribution in [0.4, 0.5) is 5.13 Å². The summed E-state index contributed by atoms with van der Waals surface area (Å²) in [7, 11) is 1.64. The third-order valence-electron chi connectivity index (χ3n) is 3.54. The minimum absolute atomic E-state index is 0.459. The minimum atomic E-state index is 0.459. The highest BCUT2D eigenvalue weighted by Gasteiger charge is 2.06. The molecule has 5 heteroatoms. The normalized spacial score (nSPS) is 11.9. The van der Waals surface area contributed by atoms with E-state index in [1.807, 2.05) is 30.3 Å². The number of rotatable bonds is 4. The Morgan fingerprint density at radius 1 is 1.17 bits per heavy atom. The van der Waals surface area contributed by atoms with E-state index in [1.54, 1.807) is 24.7 Å². The molecular formula is C18H14N2O2S. The van der Waals surface area contributed by atoms with Crippen LogP contribution in [-0.4, -0.2) is 18.3 Å². The van der Waals surface area contributed by atoms with Crippen LogP contribution in [0.5, 0.6) is 0 Å². The van der Waals surface area contributed by atoms with Crippen LogP contribution in [-0.2, 0) is 11.3 Å². The molecule has 2 aromatic heterocycles. The van der Waals surface area contributed by atoms with Gasteiger partial charge in [-0.15, -0.1) is 0 Å². The summed E-state index contributed by atoms with van der Waals surface area (Å²) < 4.78 is 11.8. The molecule has 0 unspecified atom stereocenters. The zero-order valence-corrected chi connectivity index (χ0v) is 13.3. The van der Waals surface area contributed by atoms with Gasteiger partial charge >= 0.3 is 0 Å². The summed E-state index contributed by atoms with van der Waals surface area (Å²) in [6.07, 6.45) is 1.69. The average Bonchev–Trinajstić information content (AvgIpc) is 3.19. The second-order valence-electron chi connectivity index (χ2n) is 5.13. The van der Waals surface area contributed by atoms with E-state index in [1.165, 1.54) is 10.8 Å². The smallest absolute Gasteiger partial charge is 0.210 e. The lowest BCUT2D eigenvalue weighted by Crippen LogP contribution is -1.82. The number of hydrogen-bond donors (Lipinski definition) is 0. The minimum Gasteiger partial charge on any atom is -0.458 e. The summed E-state index contributed by atoms with van der Waals surface area (Å²) in [4.78, 5) is 9.02. The Morgan fingerprint density at radius 2 is 2.09 bits per heavy atom. The average molecular weight is 322 g/mol. The Bertz CT molecular complexity index is 1000. The molecular weight excluding hydrogens is 308 g/mol. The summed E-state index contributed by atoms with van der Waals surface area (Å²) >= 11 is 1.59. The first kappa shape index (κ1) is 14.1. The number of hydrogen-bond acceptors (Lipinski definition) is 5. The molecule has 0 saturated carbocycles. The SMILES string of the molecule is COCc1ccc(C=Nc2nc3ccc4ccccc4c3s2)o1. The zero-order valence-electron chi connectivity index (χ0n) is 12.5. The van der Waals surface area contributed by atoms with Gasteiger partial charge in [-0.25, -0.2) is 9.98 Å². The third-order valence-corrected chi connectivity index (χ3v) is 4.55. The van der Waals surface area contributed by atoms with Gasteiger partial charge in [0.15, 0.2) is 0 Å². The van der Waals surface area contributed by atoms with Gasteiger partial charge in [-0.1, -0.05) is 41.7 Å². The number of nitrogens with zero attached hydrogens (tertiary/aromatic N) is 2. The Labute approximate surface area is 137 Å². The lowest BCUT2D eigenvalue weighted by atomic mass is 10.1. The molecule has 4 nitrogen and oxygen atoms in total. The maximum absolute atomic E-state index is 5.59. The van der Waals surface area contributed by atoms with Gasteiger partial charge < -0.3 is 9.15 Å². The standard InChI is InChI=1S/C18H14N2O2S/c1-21-11-14-8-7-13(22-14)10-19-18-20-16-9-6-12-4-2-3-5-15(12)17(16)23-18/h2-10H,11H2,1H3. The van der Waals surface area contributed by atoms with Gasteiger partial charge in [0.2, 0.25) is 5.13 Å². The second-order valence-corrected chi connectivity index (χ2v) is 6.10. The van der Waals surface area contributed by atoms with Gasteiger partial charge in [-0.05, 0) is 23.6 Å². The molecule has 2 heterocycles. The van der Waals surface area contributed by atoms with Crippen molar-refractivity contribution in [3.63, 3.8) is 0 Å². The largest absolute Gasteiger partial charge is 0.458 e. The second kappa shape index (κ2) is 5.95. The topological polar surface area (TPSA) is 47.6 Å². The number of benzene rings is 2. The van der Waals surface area contributed by atoms with Crippen LogP contribution in [0, 0.1) is 0 Å². The molecule has 0 amide bonds. The zero-order chi connectivity index (χ0) is 15.6. The molecule has 0 N–H and O–H groups in total. The molecule has 4 rings (SSSR count). The summed E-state index contributed by atoms with van der Waals surface area (Å²) in [5.74, 6) is 1.48. The Hall–Kier alpha value is -2.50. The molecule has 0 bridgehead atoms. The van der Waals surface area contributed by atoms with E-state index in [0.717, 1.165) is 21.1 Å². The van der Waals surface area contributed by atoms with Gasteiger partial charge in [0, 0.05) is 12.5 Å². The summed E-state index contributed by atoms with van der Waals surface area (Å²) in [6, 6.07) is 16.2. The lowest BCUT2D eigenvalue weighted by Gasteiger charge is -1.96. The van der Waals surface area contributed by atoms with Crippen LogP contribution in [0.15, 0.2) is 57.9 Å². The van der Waals surface area contributed by atoms with Crippen molar-refractivity contribution in [2.75, 3.05) is 7.11 Å². The van der Waals surface area contributed by atoms with Crippen molar-refractivity contribution in [2.24, 2.45) is 4.99 Å². The highest BCUT2D eigenvalue weighted by atomic mass is 32.1. The van der Waals surface area contributed by atoms with Crippen LogP contribution in [0.2, 0.25) is 0 Å². The number of fused-ring (bicyclic) bond motifs is 3. The van der Waals surface area contributed by atoms with E-state index >= 15 is 0 Å². The number of methoxy groups -OCH3 is 1. The number of furan rings is 1. The van der Waals surface area contributed by atoms with E-state index in [0.29, 0.717) is 12.4 Å². The van der Waals surface area contributed by atoms with E-state index in [2.05, 4.69) is 28.2 Å². The summed E-state index contributed by atoms with van der Waals surface area (Å²) in [5, 5.41) is 3.15. The quantitative estimate of drug-likeness (QED) is 0.500. The Kier molecular flexibility index (Phi) is 3.65. The van der Waals surface area contributed by atoms with Crippen LogP contribution in [0.3, 0.4) is 0 Å². The number of aliphatic imine (C=N–C) groups is 1. The predicted molar refractivity (Wildman–Crippen MR) is 93.8 cm³/mol. The molecule has 0 aliphatic carbocycles. The van der Waals surface area contributed by atoms with Gasteiger partial charge in [-0.3, -0.25) is 0 Å². The monoisotopic (exact) mass is 322 g/mol. The number of aromatic nitrogens is 1. The molecule has 0 fully saturated rings. The summed E-state index contributed by atoms with van der Waals surface area (Å²) in [6.45, 7) is 0.459. The Balaban J connectivity index is 1.68. The van der Waals surface area contributed by atoms with Gasteiger partial charge in [0.25, 0.3) is 0 Å². The molecule has 23 heavy (non-hydrogen) atoms. The van der Waals surface area contributed by atoms with Gasteiger partial charge in [0.1, 0.15) is 18.1 Å². The lowest BCUT2D eigenvalue weighted by molar-refractivity contribution is 0.164. The fraction of sp³-hybridized carbons (Fsp3) is 0.111. The van der Waals surface area contributed by atoms with Crippen molar-refractivity contribution in [3.8, 4) is 0 Å². The van der Waals surface area contributed by atoms with Gasteiger partial charge in [-0.2, -0.15) is 0 Å². The van der Waals surface area contributed by atoms with E-state index in [9.17, 15) is 0 Å². The fourth-order valence-electron chi connectivity index (χ4n) is 2.50. The molecule has 0 spiro atoms. The molecule has 2 aromatic carbocycles. The first-order valence-electron chi connectivity index (χ1n) is 7.23. The van der Waals surface area contributed by atoms with Crippen molar-refractivity contribution >= 4 is 43.7 Å². The first-order valence-corrected chi connectivity index (χ1v) is 8.05. The summed E-state index contributed by atoms with van der Waals surface area (Å²) in [5.41, 5.74) is 0.973. The molecule has 0 radical (unpaired) electrons. The molecule has 0 saturated heterocycles. The van der Waals surface area contributed by atoms with Crippen molar-refractivity contribution in [3.05, 3.63) is 60.1 Å². The van der Waals surface area contributed by atoms with Crippen molar-refractivity contribution in [1.82, 2.24) is 4.98 Å². The highest BCUT2D eigenvalue weighted by Crippen LogP contribution is 2.33. The van der Waals surface area contributed by atoms with Crippen molar-refractivity contribution < 1.29 is 9.15 Å². The number of ether oxygens (including phenoxy) is 1. The Morgan fingerprint density at radius 3 is 3.00 bits per heavy atom. The molecule has 0 aliphatic heterocycles. The molecule has 0 aliphatic rings. The van der Waals surface area contributed by atoms with Crippen LogP contribution < -0.4 is 0 Å². The predicted octanol–water partition coefficient (Wildman–Crippen LogP) is 4.94. The van der Waals surface area contributed by atoms with Crippen LogP contribution in [0.1, 0.15) is 11.5 Å². The van der Waals surface area contributed by atoms with Gasteiger partial charge in [0.05, 0.1) is 16.4 Å². The van der Waals surface area contributed by atoms with E-state index < -0.39 is 0 Å². The van der Waals surface area contributed by atoms with E-state index in [-0.39, 0.29) is 0 Å². The fourth-order valence-corrected chi connectivity index (χ4v) is 3.45. The highest BCUT2D eigenvalue weighted by molar-refractivity contribution is 7.22. The number of thiazole rings is 1. The van der Waals surface area contributed by atoms with Crippen molar-refractivity contribution in [1.29, 1.82) is 0 Å². The maximum atomic E-state index is 5.59. The van der Waals surface area contributed by atoms with E-state index in [4.69, 9.17) is 9.15 Å². The third kappa shape index (κ3) is 2.76. The maximum Gasteiger partial charge on any atom is 0.210 e. The molecule has 4 aromatic rings. The van der Waals surface area contributed by atoms with Crippen LogP contribution in [0.25, 0.3) is 21.0 Å².